The Labute approximate surface area is 171 Å². The highest BCUT2D eigenvalue weighted by Crippen LogP contribution is 2.22. The van der Waals surface area contributed by atoms with E-state index in [2.05, 4.69) is 20.6 Å². The minimum Gasteiger partial charge on any atom is -0.302 e. The van der Waals surface area contributed by atoms with Gasteiger partial charge in [0, 0.05) is 17.3 Å². The lowest BCUT2D eigenvalue weighted by Gasteiger charge is -2.03. The summed E-state index contributed by atoms with van der Waals surface area (Å²) in [4.78, 5) is 12.5. The van der Waals surface area contributed by atoms with Gasteiger partial charge in [0.1, 0.15) is 16.5 Å². The van der Waals surface area contributed by atoms with Gasteiger partial charge in [-0.15, -0.1) is 0 Å². The largest absolute Gasteiger partial charge is 0.302 e. The topological polar surface area (TPSA) is 75.6 Å². The van der Waals surface area contributed by atoms with Gasteiger partial charge < -0.3 is 5.32 Å². The fourth-order valence-electron chi connectivity index (χ4n) is 2.85. The second kappa shape index (κ2) is 7.89. The highest BCUT2D eigenvalue weighted by atomic mass is 35.5. The third kappa shape index (κ3) is 4.20. The van der Waals surface area contributed by atoms with Crippen molar-refractivity contribution < 1.29 is 9.18 Å². The van der Waals surface area contributed by atoms with Gasteiger partial charge in [0.2, 0.25) is 0 Å². The van der Waals surface area contributed by atoms with Crippen LogP contribution < -0.4 is 5.32 Å². The number of rotatable bonds is 5. The maximum atomic E-state index is 13.8. The molecule has 0 spiro atoms. The van der Waals surface area contributed by atoms with Crippen LogP contribution in [-0.4, -0.2) is 25.9 Å². The molecular formula is C21H17ClFN5O. The van der Waals surface area contributed by atoms with Crippen molar-refractivity contribution in [2.24, 2.45) is 0 Å². The summed E-state index contributed by atoms with van der Waals surface area (Å²) in [6.45, 7) is 2.20. The van der Waals surface area contributed by atoms with Crippen LogP contribution in [-0.2, 0) is 6.54 Å². The monoisotopic (exact) mass is 409 g/mol. The molecule has 29 heavy (non-hydrogen) atoms. The van der Waals surface area contributed by atoms with Crippen LogP contribution in [0.15, 0.2) is 60.8 Å². The lowest BCUT2D eigenvalue weighted by molar-refractivity contribution is 0.102. The van der Waals surface area contributed by atoms with Crippen molar-refractivity contribution in [1.29, 1.82) is 0 Å². The molecule has 0 aliphatic heterocycles. The molecule has 2 aromatic carbocycles. The molecule has 2 N–H and O–H groups in total. The number of benzene rings is 2. The van der Waals surface area contributed by atoms with Crippen LogP contribution in [0.25, 0.3) is 11.3 Å². The SMILES string of the molecule is Cc1ccc(-c2cc(C(=O)Nc3nn(Cc4ccccc4F)cc3Cl)[nH]n2)cc1. The summed E-state index contributed by atoms with van der Waals surface area (Å²) < 4.78 is 15.3. The highest BCUT2D eigenvalue weighted by Gasteiger charge is 2.16. The second-order valence-corrected chi connectivity index (χ2v) is 7.01. The first-order valence-electron chi connectivity index (χ1n) is 8.90. The quantitative estimate of drug-likeness (QED) is 0.502. The number of halogens is 2. The van der Waals surface area contributed by atoms with Crippen molar-refractivity contribution in [2.45, 2.75) is 13.5 Å². The van der Waals surface area contributed by atoms with Crippen molar-refractivity contribution in [3.63, 3.8) is 0 Å². The fourth-order valence-corrected chi connectivity index (χ4v) is 3.05. The zero-order valence-corrected chi connectivity index (χ0v) is 16.2. The van der Waals surface area contributed by atoms with Crippen molar-refractivity contribution in [3.05, 3.63) is 88.5 Å². The van der Waals surface area contributed by atoms with Crippen LogP contribution in [0.3, 0.4) is 0 Å². The summed E-state index contributed by atoms with van der Waals surface area (Å²) in [6, 6.07) is 15.9. The minimum atomic E-state index is -0.422. The average Bonchev–Trinajstić information content (AvgIpc) is 3.32. The number of aromatic nitrogens is 4. The minimum absolute atomic E-state index is 0.194. The molecule has 4 aromatic rings. The van der Waals surface area contributed by atoms with Crippen LogP contribution in [0.5, 0.6) is 0 Å². The van der Waals surface area contributed by atoms with E-state index in [1.165, 1.54) is 16.9 Å². The van der Waals surface area contributed by atoms with E-state index < -0.39 is 5.91 Å². The summed E-state index contributed by atoms with van der Waals surface area (Å²) in [5, 5.41) is 14.1. The summed E-state index contributed by atoms with van der Waals surface area (Å²) in [5.41, 5.74) is 3.45. The summed E-state index contributed by atoms with van der Waals surface area (Å²) in [7, 11) is 0. The van der Waals surface area contributed by atoms with E-state index in [0.29, 0.717) is 11.3 Å². The molecule has 8 heteroatoms. The zero-order chi connectivity index (χ0) is 20.4. The predicted molar refractivity (Wildman–Crippen MR) is 109 cm³/mol. The van der Waals surface area contributed by atoms with Gasteiger partial charge in [-0.05, 0) is 19.1 Å². The molecule has 0 saturated heterocycles. The number of carbonyl (C=O) groups excluding carboxylic acids is 1. The van der Waals surface area contributed by atoms with Crippen molar-refractivity contribution in [1.82, 2.24) is 20.0 Å². The number of amides is 1. The number of hydrogen-bond donors (Lipinski definition) is 2. The van der Waals surface area contributed by atoms with E-state index >= 15 is 0 Å². The molecule has 0 radical (unpaired) electrons. The van der Waals surface area contributed by atoms with Gasteiger partial charge in [-0.3, -0.25) is 14.6 Å². The zero-order valence-electron chi connectivity index (χ0n) is 15.5. The molecule has 6 nitrogen and oxygen atoms in total. The first-order chi connectivity index (χ1) is 14.0. The van der Waals surface area contributed by atoms with Gasteiger partial charge >= 0.3 is 0 Å². The van der Waals surface area contributed by atoms with Crippen molar-refractivity contribution in [2.75, 3.05) is 5.32 Å². The number of H-pyrrole nitrogens is 1. The van der Waals surface area contributed by atoms with Crippen LogP contribution >= 0.6 is 11.6 Å². The molecule has 0 fully saturated rings. The number of nitrogens with zero attached hydrogens (tertiary/aromatic N) is 3. The Morgan fingerprint density at radius 3 is 2.72 bits per heavy atom. The molecule has 0 unspecified atom stereocenters. The molecule has 2 heterocycles. The summed E-state index contributed by atoms with van der Waals surface area (Å²) in [5.74, 6) is -0.556. The smallest absolute Gasteiger partial charge is 0.274 e. The van der Waals surface area contributed by atoms with Crippen molar-refractivity contribution >= 4 is 23.3 Å². The third-order valence-electron chi connectivity index (χ3n) is 4.41. The van der Waals surface area contributed by atoms with E-state index in [0.717, 1.165) is 11.1 Å². The van der Waals surface area contributed by atoms with Gasteiger partial charge in [-0.25, -0.2) is 4.39 Å². The number of nitrogens with one attached hydrogen (secondary N) is 2. The Balaban J connectivity index is 1.48. The molecule has 0 bridgehead atoms. The highest BCUT2D eigenvalue weighted by molar-refractivity contribution is 6.33. The van der Waals surface area contributed by atoms with Crippen LogP contribution in [0.1, 0.15) is 21.6 Å². The Hall–Kier alpha value is -3.45. The number of aryl methyl sites for hydroxylation is 1. The lowest BCUT2D eigenvalue weighted by Crippen LogP contribution is -2.13. The Kier molecular flexibility index (Phi) is 5.14. The second-order valence-electron chi connectivity index (χ2n) is 6.60. The fraction of sp³-hybridized carbons (Fsp3) is 0.0952. The number of carbonyl (C=O) groups is 1. The number of anilines is 1. The van der Waals surface area contributed by atoms with Crippen LogP contribution in [0, 0.1) is 12.7 Å². The van der Waals surface area contributed by atoms with Gasteiger partial charge in [0.25, 0.3) is 5.91 Å². The van der Waals surface area contributed by atoms with Crippen LogP contribution in [0.2, 0.25) is 5.02 Å². The Bertz CT molecular complexity index is 1170. The van der Waals surface area contributed by atoms with Crippen LogP contribution in [0.4, 0.5) is 10.2 Å². The third-order valence-corrected chi connectivity index (χ3v) is 4.69. The maximum Gasteiger partial charge on any atom is 0.274 e. The van der Waals surface area contributed by atoms with E-state index in [9.17, 15) is 9.18 Å². The van der Waals surface area contributed by atoms with Gasteiger partial charge in [0.05, 0.1) is 12.2 Å². The maximum absolute atomic E-state index is 13.8. The summed E-state index contributed by atoms with van der Waals surface area (Å²) >= 11 is 6.18. The van der Waals surface area contributed by atoms with Gasteiger partial charge in [0.15, 0.2) is 5.82 Å². The van der Waals surface area contributed by atoms with Gasteiger partial charge in [-0.1, -0.05) is 59.6 Å². The Morgan fingerprint density at radius 1 is 1.21 bits per heavy atom. The predicted octanol–water partition coefficient (Wildman–Crippen LogP) is 4.67. The first-order valence-corrected chi connectivity index (χ1v) is 9.27. The Morgan fingerprint density at radius 2 is 1.97 bits per heavy atom. The molecule has 2 aromatic heterocycles. The van der Waals surface area contributed by atoms with E-state index in [4.69, 9.17) is 11.6 Å². The van der Waals surface area contributed by atoms with Crippen molar-refractivity contribution in [3.8, 4) is 11.3 Å². The molecule has 0 saturated carbocycles. The molecular weight excluding hydrogens is 393 g/mol. The normalized spacial score (nSPS) is 10.9. The average molecular weight is 410 g/mol. The van der Waals surface area contributed by atoms with E-state index in [-0.39, 0.29) is 28.9 Å². The molecule has 0 aliphatic carbocycles. The molecule has 0 atom stereocenters. The molecule has 0 aliphatic rings. The summed E-state index contributed by atoms with van der Waals surface area (Å²) in [6.07, 6.45) is 1.54. The number of hydrogen-bond acceptors (Lipinski definition) is 3. The standard InChI is InChI=1S/C21H17ClFN5O/c1-13-6-8-14(9-7-13)18-10-19(26-25-18)21(29)24-20-16(22)12-28(27-20)11-15-4-2-3-5-17(15)23/h2-10,12H,11H2,1H3,(H,25,26)(H,24,27,29). The number of aromatic amines is 1. The first kappa shape index (κ1) is 18.9. The molecule has 146 valence electrons. The molecule has 1 amide bonds. The van der Waals surface area contributed by atoms with E-state index in [1.54, 1.807) is 24.3 Å². The van der Waals surface area contributed by atoms with Gasteiger partial charge in [-0.2, -0.15) is 10.2 Å². The van der Waals surface area contributed by atoms with E-state index in [1.807, 2.05) is 31.2 Å². The molecule has 4 rings (SSSR count). The lowest BCUT2D eigenvalue weighted by atomic mass is 10.1.